The number of β-amino-alcohol motifs (C(OH)–C–C–N with tert-alkyl or cyclic N) is 1. The van der Waals surface area contributed by atoms with Gasteiger partial charge in [-0.15, -0.1) is 0 Å². The number of aromatic amines is 1. The molecule has 10 heteroatoms. The van der Waals surface area contributed by atoms with E-state index in [1.54, 1.807) is 18.3 Å². The zero-order valence-corrected chi connectivity index (χ0v) is 17.1. The Balaban J connectivity index is 1.23. The van der Waals surface area contributed by atoms with Crippen molar-refractivity contribution in [3.05, 3.63) is 36.3 Å². The van der Waals surface area contributed by atoms with Gasteiger partial charge in [-0.25, -0.2) is 14.4 Å². The molecular weight excluding hydrogens is 419 g/mol. The number of anilines is 1. The van der Waals surface area contributed by atoms with Crippen LogP contribution in [0.5, 0.6) is 5.88 Å². The number of fused-ring (bicyclic) bond motifs is 2. The molecule has 0 bridgehead atoms. The highest BCUT2D eigenvalue weighted by molar-refractivity contribution is 5.80. The molecule has 0 aromatic carbocycles. The van der Waals surface area contributed by atoms with Crippen molar-refractivity contribution < 1.29 is 28.8 Å². The van der Waals surface area contributed by atoms with Crippen LogP contribution in [0.15, 0.2) is 30.5 Å². The van der Waals surface area contributed by atoms with Gasteiger partial charge in [0.05, 0.1) is 30.4 Å². The van der Waals surface area contributed by atoms with Gasteiger partial charge in [-0.3, -0.25) is 0 Å². The summed E-state index contributed by atoms with van der Waals surface area (Å²) in [7, 11) is 0. The topological polar surface area (TPSA) is 113 Å². The number of H-pyrrole nitrogens is 1. The van der Waals surface area contributed by atoms with Gasteiger partial charge < -0.3 is 34.3 Å². The highest BCUT2D eigenvalue weighted by Crippen LogP contribution is 2.32. The number of nitrogens with zero attached hydrogens (tertiary/aromatic N) is 3. The molecule has 3 aromatic rings. The van der Waals surface area contributed by atoms with Crippen molar-refractivity contribution in [3.63, 3.8) is 0 Å². The van der Waals surface area contributed by atoms with Crippen LogP contribution in [0.3, 0.4) is 0 Å². The van der Waals surface area contributed by atoms with Crippen molar-refractivity contribution >= 4 is 16.9 Å². The van der Waals surface area contributed by atoms with Crippen LogP contribution in [0.25, 0.3) is 22.3 Å². The number of ether oxygens (including phenoxy) is 3. The second-order valence-electron chi connectivity index (χ2n) is 8.50. The predicted molar refractivity (Wildman–Crippen MR) is 112 cm³/mol. The van der Waals surface area contributed by atoms with E-state index in [0.29, 0.717) is 35.6 Å². The number of rotatable bonds is 4. The summed E-state index contributed by atoms with van der Waals surface area (Å²) in [5.74, 6) is 0.716. The minimum Gasteiger partial charge on any atom is -0.470 e. The molecule has 3 saturated heterocycles. The Hall–Kier alpha value is -2.79. The van der Waals surface area contributed by atoms with Gasteiger partial charge in [0.15, 0.2) is 17.8 Å². The van der Waals surface area contributed by atoms with Crippen LogP contribution in [-0.2, 0) is 9.47 Å². The molecule has 3 aromatic heterocycles. The Bertz CT molecular complexity index is 1140. The Morgan fingerprint density at radius 3 is 2.81 bits per heavy atom. The van der Waals surface area contributed by atoms with Crippen molar-refractivity contribution in [1.29, 1.82) is 0 Å². The van der Waals surface area contributed by atoms with E-state index in [0.717, 1.165) is 18.8 Å². The zero-order valence-electron chi connectivity index (χ0n) is 17.1. The van der Waals surface area contributed by atoms with Crippen LogP contribution in [-0.4, -0.2) is 82.0 Å². The van der Waals surface area contributed by atoms with Crippen LogP contribution in [0, 0.1) is 5.82 Å². The Morgan fingerprint density at radius 1 is 1.16 bits per heavy atom. The summed E-state index contributed by atoms with van der Waals surface area (Å²) in [6, 6.07) is 6.70. The van der Waals surface area contributed by atoms with Crippen molar-refractivity contribution in [2.75, 3.05) is 31.2 Å². The van der Waals surface area contributed by atoms with E-state index in [2.05, 4.69) is 15.0 Å². The van der Waals surface area contributed by atoms with Crippen LogP contribution in [0.2, 0.25) is 0 Å². The molecule has 0 radical (unpaired) electrons. The summed E-state index contributed by atoms with van der Waals surface area (Å²) in [6.45, 7) is 1.83. The largest absolute Gasteiger partial charge is 0.470 e. The zero-order chi connectivity index (χ0) is 21.8. The number of nitrogens with one attached hydrogen (secondary N) is 1. The quantitative estimate of drug-likeness (QED) is 0.553. The van der Waals surface area contributed by atoms with Crippen LogP contribution >= 0.6 is 0 Å². The molecule has 1 unspecified atom stereocenters. The molecule has 32 heavy (non-hydrogen) atoms. The highest BCUT2D eigenvalue weighted by Gasteiger charge is 2.48. The molecule has 0 aliphatic carbocycles. The molecule has 6 heterocycles. The number of hydrogen-bond donors (Lipinski definition) is 3. The summed E-state index contributed by atoms with van der Waals surface area (Å²) in [6.07, 6.45) is 0.245. The Morgan fingerprint density at radius 2 is 2.03 bits per heavy atom. The van der Waals surface area contributed by atoms with Crippen molar-refractivity contribution in [3.8, 4) is 17.1 Å². The fourth-order valence-corrected chi connectivity index (χ4v) is 4.64. The summed E-state index contributed by atoms with van der Waals surface area (Å²) < 4.78 is 32.0. The smallest absolute Gasteiger partial charge is 0.193 e. The molecule has 0 saturated carbocycles. The number of pyridine rings is 2. The van der Waals surface area contributed by atoms with E-state index in [9.17, 15) is 14.6 Å². The molecule has 5 atom stereocenters. The maximum absolute atomic E-state index is 14.8. The summed E-state index contributed by atoms with van der Waals surface area (Å²) in [5, 5.41) is 19.6. The molecule has 3 aliphatic heterocycles. The minimum absolute atomic E-state index is 0.204. The number of aliphatic hydroxyl groups is 2. The van der Waals surface area contributed by atoms with E-state index in [1.165, 1.54) is 6.07 Å². The fourth-order valence-electron chi connectivity index (χ4n) is 4.64. The first-order valence-corrected chi connectivity index (χ1v) is 10.7. The maximum Gasteiger partial charge on any atom is 0.193 e. The normalized spacial score (nSPS) is 29.7. The van der Waals surface area contributed by atoms with E-state index < -0.39 is 11.9 Å². The van der Waals surface area contributed by atoms with E-state index in [1.807, 2.05) is 11.0 Å². The van der Waals surface area contributed by atoms with Crippen LogP contribution in [0.1, 0.15) is 6.42 Å². The Labute approximate surface area is 182 Å². The average molecular weight is 442 g/mol. The van der Waals surface area contributed by atoms with Gasteiger partial charge in [0, 0.05) is 37.0 Å². The third-order valence-corrected chi connectivity index (χ3v) is 6.30. The highest BCUT2D eigenvalue weighted by atomic mass is 19.1. The lowest BCUT2D eigenvalue weighted by atomic mass is 10.1. The van der Waals surface area contributed by atoms with Crippen molar-refractivity contribution in [2.24, 2.45) is 0 Å². The van der Waals surface area contributed by atoms with Crippen LogP contribution in [0.4, 0.5) is 10.2 Å². The van der Waals surface area contributed by atoms with Crippen LogP contribution < -0.4 is 9.64 Å². The maximum atomic E-state index is 14.8. The number of aromatic nitrogens is 3. The van der Waals surface area contributed by atoms with Gasteiger partial charge in [0.1, 0.15) is 29.8 Å². The molecule has 0 spiro atoms. The molecule has 3 fully saturated rings. The second kappa shape index (κ2) is 7.66. The third-order valence-electron chi connectivity index (χ3n) is 6.30. The average Bonchev–Trinajstić information content (AvgIpc) is 3.55. The molecule has 0 amide bonds. The number of halogens is 1. The molecule has 168 valence electrons. The minimum atomic E-state index is -0.648. The van der Waals surface area contributed by atoms with Gasteiger partial charge in [0.2, 0.25) is 0 Å². The van der Waals surface area contributed by atoms with Crippen molar-refractivity contribution in [2.45, 2.75) is 36.9 Å². The molecular formula is C22H23FN4O5. The molecule has 6 rings (SSSR count). The van der Waals surface area contributed by atoms with Crippen molar-refractivity contribution in [1.82, 2.24) is 15.0 Å². The fraction of sp³-hybridized carbons (Fsp3) is 0.455. The van der Waals surface area contributed by atoms with E-state index in [4.69, 9.17) is 14.2 Å². The first-order valence-electron chi connectivity index (χ1n) is 10.7. The SMILES string of the molecule is O[C@@H]1CCN(c2ccc(-c3nc4cc(O[C@@H]5COC6[C@H](O)CO[C@@H]65)[nH]c4cc3F)cn2)C1. The first-order chi connectivity index (χ1) is 15.5. The number of hydrogen-bond acceptors (Lipinski definition) is 8. The standard InChI is InChI=1S/C22H23FN4O5/c23-13-5-14-15(6-19(25-14)32-17-10-31-21-16(29)9-30-22(17)21)26-20(13)11-1-2-18(24-7-11)27-4-3-12(28)8-27/h1-2,5-7,12,16-17,21-22,25,28-29H,3-4,8-10H2/t12-,16-,17-,21?,22-/m1/s1. The Kier molecular flexibility index (Phi) is 4.76. The molecule has 3 aliphatic rings. The number of aliphatic hydroxyl groups excluding tert-OH is 2. The van der Waals surface area contributed by atoms with E-state index in [-0.39, 0.29) is 36.7 Å². The monoisotopic (exact) mass is 442 g/mol. The van der Waals surface area contributed by atoms with Gasteiger partial charge in [-0.2, -0.15) is 0 Å². The van der Waals surface area contributed by atoms with Gasteiger partial charge in [-0.05, 0) is 18.6 Å². The predicted octanol–water partition coefficient (Wildman–Crippen LogP) is 1.24. The van der Waals surface area contributed by atoms with Gasteiger partial charge in [0.25, 0.3) is 0 Å². The van der Waals surface area contributed by atoms with Gasteiger partial charge in [-0.1, -0.05) is 0 Å². The molecule has 3 N–H and O–H groups in total. The lowest BCUT2D eigenvalue weighted by molar-refractivity contribution is 0.00794. The third kappa shape index (κ3) is 3.39. The summed E-state index contributed by atoms with van der Waals surface area (Å²) in [4.78, 5) is 13.9. The first kappa shape index (κ1) is 19.9. The van der Waals surface area contributed by atoms with E-state index >= 15 is 0 Å². The summed E-state index contributed by atoms with van der Waals surface area (Å²) in [5.41, 5.74) is 1.85. The lowest BCUT2D eigenvalue weighted by Gasteiger charge is -2.16. The van der Waals surface area contributed by atoms with Gasteiger partial charge >= 0.3 is 0 Å². The second-order valence-corrected chi connectivity index (χ2v) is 8.50. The lowest BCUT2D eigenvalue weighted by Crippen LogP contribution is -2.34. The summed E-state index contributed by atoms with van der Waals surface area (Å²) >= 11 is 0. The molecule has 9 nitrogen and oxygen atoms in total.